The summed E-state index contributed by atoms with van der Waals surface area (Å²) in [6, 6.07) is 1.82. The molecule has 0 unspecified atom stereocenters. The van der Waals surface area contributed by atoms with E-state index in [9.17, 15) is 4.79 Å². The van der Waals surface area contributed by atoms with Crippen LogP contribution in [0.25, 0.3) is 0 Å². The molecular formula is C15H26ClN3O2. The van der Waals surface area contributed by atoms with Gasteiger partial charge >= 0.3 is 0 Å². The van der Waals surface area contributed by atoms with Gasteiger partial charge in [0.05, 0.1) is 0 Å². The summed E-state index contributed by atoms with van der Waals surface area (Å²) in [6.45, 7) is 10.1. The Morgan fingerprint density at radius 3 is 2.76 bits per heavy atom. The average Bonchev–Trinajstić information content (AvgIpc) is 2.86. The second-order valence-corrected chi connectivity index (χ2v) is 5.27. The smallest absolute Gasteiger partial charge is 0.287 e. The molecular weight excluding hydrogens is 290 g/mol. The van der Waals surface area contributed by atoms with Gasteiger partial charge < -0.3 is 20.0 Å². The van der Waals surface area contributed by atoms with Gasteiger partial charge in [0.1, 0.15) is 5.76 Å². The molecule has 0 saturated carbocycles. The summed E-state index contributed by atoms with van der Waals surface area (Å²) in [5, 5.41) is 6.26. The lowest BCUT2D eigenvalue weighted by Gasteiger charge is -2.26. The Bertz CT molecular complexity index is 442. The summed E-state index contributed by atoms with van der Waals surface area (Å²) in [5.74, 6) is 1.23. The third-order valence-corrected chi connectivity index (χ3v) is 3.71. The number of hydrogen-bond donors (Lipinski definition) is 2. The maximum Gasteiger partial charge on any atom is 0.287 e. The van der Waals surface area contributed by atoms with Gasteiger partial charge in [0.2, 0.25) is 0 Å². The Hall–Kier alpha value is -1.04. The molecule has 0 spiro atoms. The fraction of sp³-hybridized carbons (Fsp3) is 0.667. The summed E-state index contributed by atoms with van der Waals surface area (Å²) < 4.78 is 5.54. The fourth-order valence-electron chi connectivity index (χ4n) is 2.51. The molecule has 120 valence electrons. The zero-order valence-corrected chi connectivity index (χ0v) is 13.7. The minimum Gasteiger partial charge on any atom is -0.456 e. The van der Waals surface area contributed by atoms with Crippen molar-refractivity contribution in [1.82, 2.24) is 15.5 Å². The van der Waals surface area contributed by atoms with Crippen LogP contribution in [0.1, 0.15) is 35.2 Å². The molecule has 1 aromatic rings. The highest BCUT2D eigenvalue weighted by molar-refractivity contribution is 5.91. The van der Waals surface area contributed by atoms with Crippen LogP contribution in [0.2, 0.25) is 0 Å². The summed E-state index contributed by atoms with van der Waals surface area (Å²) in [6.07, 6.45) is 1.80. The van der Waals surface area contributed by atoms with Gasteiger partial charge in [0.15, 0.2) is 5.76 Å². The van der Waals surface area contributed by atoms with E-state index in [4.69, 9.17) is 4.42 Å². The van der Waals surface area contributed by atoms with Gasteiger partial charge in [-0.1, -0.05) is 6.92 Å². The molecule has 1 fully saturated rings. The first-order valence-corrected chi connectivity index (χ1v) is 7.51. The molecule has 1 amide bonds. The molecule has 0 atom stereocenters. The number of carbonyl (C=O) groups excluding carboxylic acids is 1. The number of aryl methyl sites for hydroxylation is 2. The van der Waals surface area contributed by atoms with Gasteiger partial charge in [-0.25, -0.2) is 0 Å². The van der Waals surface area contributed by atoms with Crippen molar-refractivity contribution < 1.29 is 9.21 Å². The molecule has 0 bridgehead atoms. The molecule has 2 N–H and O–H groups in total. The van der Waals surface area contributed by atoms with E-state index in [1.54, 1.807) is 0 Å². The van der Waals surface area contributed by atoms with Crippen LogP contribution in [-0.4, -0.2) is 50.1 Å². The number of carbonyl (C=O) groups is 1. The third-order valence-electron chi connectivity index (χ3n) is 3.71. The van der Waals surface area contributed by atoms with E-state index in [2.05, 4.69) is 15.5 Å². The Morgan fingerprint density at radius 2 is 2.14 bits per heavy atom. The lowest BCUT2D eigenvalue weighted by molar-refractivity contribution is 0.0922. The van der Waals surface area contributed by atoms with E-state index in [1.807, 2.05) is 19.9 Å². The maximum absolute atomic E-state index is 11.9. The highest BCUT2D eigenvalue weighted by Gasteiger charge is 2.13. The zero-order chi connectivity index (χ0) is 14.4. The highest BCUT2D eigenvalue weighted by Crippen LogP contribution is 2.14. The molecule has 0 aromatic carbocycles. The highest BCUT2D eigenvalue weighted by atomic mass is 35.5. The van der Waals surface area contributed by atoms with E-state index in [1.165, 1.54) is 0 Å². The third kappa shape index (κ3) is 5.34. The zero-order valence-electron chi connectivity index (χ0n) is 12.9. The van der Waals surface area contributed by atoms with Crippen molar-refractivity contribution in [1.29, 1.82) is 0 Å². The molecule has 0 radical (unpaired) electrons. The number of piperazine rings is 1. The van der Waals surface area contributed by atoms with Crippen LogP contribution >= 0.6 is 12.4 Å². The minimum absolute atomic E-state index is 0. The van der Waals surface area contributed by atoms with Crippen LogP contribution in [0.3, 0.4) is 0 Å². The monoisotopic (exact) mass is 315 g/mol. The molecule has 1 aliphatic heterocycles. The number of halogens is 1. The second-order valence-electron chi connectivity index (χ2n) is 5.27. The first-order valence-electron chi connectivity index (χ1n) is 7.51. The number of hydrogen-bond acceptors (Lipinski definition) is 4. The second kappa shape index (κ2) is 9.07. The van der Waals surface area contributed by atoms with Crippen LogP contribution < -0.4 is 10.6 Å². The molecule has 5 nitrogen and oxygen atoms in total. The van der Waals surface area contributed by atoms with Gasteiger partial charge in [0.25, 0.3) is 5.91 Å². The molecule has 1 aliphatic rings. The van der Waals surface area contributed by atoms with Crippen LogP contribution in [0.5, 0.6) is 0 Å². The normalized spacial score (nSPS) is 15.5. The SMILES string of the molecule is CCc1oc(C(=O)NCCCN2CCNCC2)cc1C.Cl. The summed E-state index contributed by atoms with van der Waals surface area (Å²) in [4.78, 5) is 14.4. The Labute approximate surface area is 132 Å². The standard InChI is InChI=1S/C15H25N3O2.ClH/c1-3-13-12(2)11-14(20-13)15(19)17-5-4-8-18-9-6-16-7-10-18;/h11,16H,3-10H2,1-2H3,(H,17,19);1H. The Morgan fingerprint density at radius 1 is 1.43 bits per heavy atom. The van der Waals surface area contributed by atoms with Crippen molar-refractivity contribution in [3.63, 3.8) is 0 Å². The van der Waals surface area contributed by atoms with E-state index in [-0.39, 0.29) is 18.3 Å². The number of rotatable bonds is 6. The molecule has 1 saturated heterocycles. The predicted molar refractivity (Wildman–Crippen MR) is 86.3 cm³/mol. The molecule has 6 heteroatoms. The largest absolute Gasteiger partial charge is 0.456 e. The lowest BCUT2D eigenvalue weighted by atomic mass is 10.2. The van der Waals surface area contributed by atoms with Gasteiger partial charge in [-0.2, -0.15) is 0 Å². The minimum atomic E-state index is -0.104. The summed E-state index contributed by atoms with van der Waals surface area (Å²) >= 11 is 0. The van der Waals surface area contributed by atoms with Gasteiger partial charge in [-0.05, 0) is 31.5 Å². The van der Waals surface area contributed by atoms with E-state index in [0.29, 0.717) is 12.3 Å². The van der Waals surface area contributed by atoms with Crippen LogP contribution in [0.15, 0.2) is 10.5 Å². The first kappa shape index (κ1) is 18.0. The molecule has 2 rings (SSSR count). The van der Waals surface area contributed by atoms with Crippen molar-refractivity contribution in [3.8, 4) is 0 Å². The topological polar surface area (TPSA) is 57.5 Å². The van der Waals surface area contributed by atoms with Crippen LogP contribution in [0.4, 0.5) is 0 Å². The van der Waals surface area contributed by atoms with Gasteiger partial charge in [0, 0.05) is 39.1 Å². The number of furan rings is 1. The van der Waals surface area contributed by atoms with E-state index < -0.39 is 0 Å². The molecule has 1 aromatic heterocycles. The summed E-state index contributed by atoms with van der Waals surface area (Å²) in [5.41, 5.74) is 1.05. The number of nitrogens with zero attached hydrogens (tertiary/aromatic N) is 1. The summed E-state index contributed by atoms with van der Waals surface area (Å²) in [7, 11) is 0. The van der Waals surface area contributed by atoms with Crippen LogP contribution in [0, 0.1) is 6.92 Å². The molecule has 2 heterocycles. The maximum atomic E-state index is 11.9. The molecule has 21 heavy (non-hydrogen) atoms. The van der Waals surface area contributed by atoms with Crippen molar-refractivity contribution in [2.24, 2.45) is 0 Å². The quantitative estimate of drug-likeness (QED) is 0.783. The fourth-order valence-corrected chi connectivity index (χ4v) is 2.51. The van der Waals surface area contributed by atoms with Gasteiger partial charge in [-0.15, -0.1) is 12.4 Å². The lowest BCUT2D eigenvalue weighted by Crippen LogP contribution is -2.44. The number of nitrogens with one attached hydrogen (secondary N) is 2. The van der Waals surface area contributed by atoms with Crippen molar-refractivity contribution in [2.45, 2.75) is 26.7 Å². The van der Waals surface area contributed by atoms with Crippen molar-refractivity contribution in [3.05, 3.63) is 23.2 Å². The average molecular weight is 316 g/mol. The number of amides is 1. The predicted octanol–water partition coefficient (Wildman–Crippen LogP) is 1.60. The van der Waals surface area contributed by atoms with E-state index in [0.717, 1.165) is 56.9 Å². The van der Waals surface area contributed by atoms with Crippen molar-refractivity contribution in [2.75, 3.05) is 39.3 Å². The Balaban J connectivity index is 0.00000220. The first-order chi connectivity index (χ1) is 9.70. The van der Waals surface area contributed by atoms with E-state index >= 15 is 0 Å². The van der Waals surface area contributed by atoms with Gasteiger partial charge in [-0.3, -0.25) is 4.79 Å². The Kier molecular flexibility index (Phi) is 7.78. The van der Waals surface area contributed by atoms with Crippen molar-refractivity contribution >= 4 is 18.3 Å². The van der Waals surface area contributed by atoms with Crippen LogP contribution in [-0.2, 0) is 6.42 Å². The molecule has 0 aliphatic carbocycles.